The van der Waals surface area contributed by atoms with Gasteiger partial charge >= 0.3 is 0 Å². The molecule has 22 heavy (non-hydrogen) atoms. The maximum atomic E-state index is 12.0. The third-order valence-corrected chi connectivity index (χ3v) is 4.72. The summed E-state index contributed by atoms with van der Waals surface area (Å²) in [6, 6.07) is 5.42. The van der Waals surface area contributed by atoms with Gasteiger partial charge in [-0.1, -0.05) is 0 Å². The van der Waals surface area contributed by atoms with Gasteiger partial charge in [-0.2, -0.15) is 0 Å². The monoisotopic (exact) mass is 317 g/mol. The Hall–Kier alpha value is -2.02. The predicted molar refractivity (Wildman–Crippen MR) is 83.7 cm³/mol. The molecule has 1 aliphatic carbocycles. The smallest absolute Gasteiger partial charge is 0.244 e. The molecule has 2 aliphatic rings. The average molecular weight is 317 g/mol. The van der Waals surface area contributed by atoms with Gasteiger partial charge in [-0.3, -0.25) is 9.59 Å². The van der Waals surface area contributed by atoms with E-state index in [4.69, 9.17) is 4.42 Å². The van der Waals surface area contributed by atoms with Gasteiger partial charge in [0, 0.05) is 11.6 Å². The summed E-state index contributed by atoms with van der Waals surface area (Å²) in [6.45, 7) is 0.0933. The fraction of sp³-hybridized carbons (Fsp3) is 0.400. The molecule has 0 atom stereocenters. The van der Waals surface area contributed by atoms with Crippen molar-refractivity contribution in [2.75, 3.05) is 23.5 Å². The van der Waals surface area contributed by atoms with Gasteiger partial charge in [-0.25, -0.2) is 4.98 Å². The number of hydrogen-bond donors (Lipinski definition) is 1. The number of benzene rings is 1. The highest BCUT2D eigenvalue weighted by Crippen LogP contribution is 2.40. The number of nitrogens with zero attached hydrogens (tertiary/aromatic N) is 2. The summed E-state index contributed by atoms with van der Waals surface area (Å²) in [6.07, 6.45) is 2.27. The predicted octanol–water partition coefficient (Wildman–Crippen LogP) is 2.18. The van der Waals surface area contributed by atoms with Crippen molar-refractivity contribution >= 4 is 40.4 Å². The Labute approximate surface area is 131 Å². The molecule has 114 valence electrons. The number of aromatic nitrogens is 1. The molecular weight excluding hydrogens is 302 g/mol. The molecule has 0 unspecified atom stereocenters. The highest BCUT2D eigenvalue weighted by atomic mass is 32.2. The van der Waals surface area contributed by atoms with Crippen molar-refractivity contribution in [3.8, 4) is 0 Å². The van der Waals surface area contributed by atoms with Gasteiger partial charge in [-0.15, -0.1) is 11.8 Å². The summed E-state index contributed by atoms with van der Waals surface area (Å²) in [4.78, 5) is 29.6. The van der Waals surface area contributed by atoms with Crippen molar-refractivity contribution in [3.05, 3.63) is 24.1 Å². The summed E-state index contributed by atoms with van der Waals surface area (Å²) < 4.78 is 5.69. The molecule has 1 saturated carbocycles. The highest BCUT2D eigenvalue weighted by molar-refractivity contribution is 8.00. The fourth-order valence-electron chi connectivity index (χ4n) is 2.44. The third kappa shape index (κ3) is 2.68. The molecule has 4 rings (SSSR count). The third-order valence-electron chi connectivity index (χ3n) is 3.77. The van der Waals surface area contributed by atoms with Crippen molar-refractivity contribution in [3.63, 3.8) is 0 Å². The minimum absolute atomic E-state index is 0.0150. The van der Waals surface area contributed by atoms with Gasteiger partial charge in [0.05, 0.1) is 11.6 Å². The van der Waals surface area contributed by atoms with Gasteiger partial charge in [0.1, 0.15) is 12.1 Å². The van der Waals surface area contributed by atoms with Crippen LogP contribution in [0.1, 0.15) is 24.7 Å². The largest absolute Gasteiger partial charge is 0.440 e. The van der Waals surface area contributed by atoms with Gasteiger partial charge in [-0.05, 0) is 31.0 Å². The Morgan fingerprint density at radius 3 is 3.05 bits per heavy atom. The van der Waals surface area contributed by atoms with E-state index >= 15 is 0 Å². The highest BCUT2D eigenvalue weighted by Gasteiger charge is 2.29. The molecule has 2 fully saturated rings. The Bertz CT molecular complexity index is 754. The van der Waals surface area contributed by atoms with Crippen molar-refractivity contribution in [2.45, 2.75) is 18.8 Å². The van der Waals surface area contributed by atoms with Crippen LogP contribution in [-0.4, -0.2) is 39.9 Å². The number of rotatable bonds is 4. The van der Waals surface area contributed by atoms with Crippen molar-refractivity contribution in [1.82, 2.24) is 9.88 Å². The van der Waals surface area contributed by atoms with E-state index in [1.807, 2.05) is 12.1 Å². The van der Waals surface area contributed by atoms with E-state index in [0.29, 0.717) is 23.2 Å². The van der Waals surface area contributed by atoms with Gasteiger partial charge in [0.25, 0.3) is 0 Å². The second-order valence-corrected chi connectivity index (χ2v) is 6.58. The maximum Gasteiger partial charge on any atom is 0.244 e. The fourth-order valence-corrected chi connectivity index (χ4v) is 3.35. The van der Waals surface area contributed by atoms with Gasteiger partial charge in [0.15, 0.2) is 11.5 Å². The zero-order valence-corrected chi connectivity index (χ0v) is 12.7. The van der Waals surface area contributed by atoms with Crippen LogP contribution < -0.4 is 5.32 Å². The number of carbonyl (C=O) groups excluding carboxylic acids is 2. The van der Waals surface area contributed by atoms with Crippen LogP contribution in [0.2, 0.25) is 0 Å². The number of hydrogen-bond acceptors (Lipinski definition) is 5. The van der Waals surface area contributed by atoms with Crippen LogP contribution in [0.4, 0.5) is 5.69 Å². The van der Waals surface area contributed by atoms with E-state index in [-0.39, 0.29) is 18.4 Å². The van der Waals surface area contributed by atoms with Gasteiger partial charge in [0.2, 0.25) is 11.8 Å². The van der Waals surface area contributed by atoms with Gasteiger partial charge < -0.3 is 14.6 Å². The lowest BCUT2D eigenvalue weighted by Gasteiger charge is -2.14. The molecular formula is C15H15N3O3S. The average Bonchev–Trinajstić information content (AvgIpc) is 3.14. The number of nitrogens with one attached hydrogen (secondary N) is 1. The number of oxazole rings is 1. The minimum atomic E-state index is -0.193. The minimum Gasteiger partial charge on any atom is -0.440 e. The Morgan fingerprint density at radius 2 is 2.32 bits per heavy atom. The zero-order valence-electron chi connectivity index (χ0n) is 11.9. The molecule has 1 aromatic heterocycles. The lowest BCUT2D eigenvalue weighted by molar-refractivity contribution is -0.130. The molecule has 1 aliphatic heterocycles. The second kappa shape index (κ2) is 5.31. The lowest BCUT2D eigenvalue weighted by Crippen LogP contribution is -2.34. The van der Waals surface area contributed by atoms with E-state index < -0.39 is 0 Å². The molecule has 2 heterocycles. The van der Waals surface area contributed by atoms with E-state index in [2.05, 4.69) is 10.3 Å². The maximum absolute atomic E-state index is 12.0. The van der Waals surface area contributed by atoms with Crippen molar-refractivity contribution in [1.29, 1.82) is 0 Å². The van der Waals surface area contributed by atoms with E-state index in [1.165, 1.54) is 11.8 Å². The van der Waals surface area contributed by atoms with E-state index in [1.54, 1.807) is 11.0 Å². The molecule has 0 radical (unpaired) electrons. The summed E-state index contributed by atoms with van der Waals surface area (Å²) in [5.41, 5.74) is 2.17. The van der Waals surface area contributed by atoms with Crippen LogP contribution in [0, 0.1) is 0 Å². The van der Waals surface area contributed by atoms with Crippen LogP contribution >= 0.6 is 11.8 Å². The first kappa shape index (κ1) is 13.6. The van der Waals surface area contributed by atoms with E-state index in [0.717, 1.165) is 29.8 Å². The van der Waals surface area contributed by atoms with Crippen LogP contribution in [-0.2, 0) is 9.59 Å². The zero-order chi connectivity index (χ0) is 15.1. The molecule has 0 bridgehead atoms. The number of anilines is 1. The molecule has 1 aromatic carbocycles. The van der Waals surface area contributed by atoms with Crippen LogP contribution in [0.15, 0.2) is 22.6 Å². The Balaban J connectivity index is 1.46. The summed E-state index contributed by atoms with van der Waals surface area (Å²) >= 11 is 1.53. The Kier molecular flexibility index (Phi) is 3.29. The first-order valence-electron chi connectivity index (χ1n) is 7.25. The number of amides is 2. The molecule has 6 nitrogen and oxygen atoms in total. The van der Waals surface area contributed by atoms with Crippen molar-refractivity contribution in [2.24, 2.45) is 0 Å². The van der Waals surface area contributed by atoms with Crippen LogP contribution in [0.25, 0.3) is 11.1 Å². The summed E-state index contributed by atoms with van der Waals surface area (Å²) in [7, 11) is 0. The normalized spacial score (nSPS) is 18.2. The number of thioether (sulfide) groups is 1. The molecule has 1 saturated heterocycles. The standard InChI is InChI=1S/C15H15N3O3S/c19-13(6-18-8-22-7-14(18)20)16-10-3-4-12-11(5-10)17-15(21-12)9-1-2-9/h3-5,9H,1-2,6-8H2,(H,16,19). The van der Waals surface area contributed by atoms with Crippen LogP contribution in [0.3, 0.4) is 0 Å². The molecule has 2 aromatic rings. The quantitative estimate of drug-likeness (QED) is 0.935. The SMILES string of the molecule is O=C(CN1CSCC1=O)Nc1ccc2oc(C3CC3)nc2c1. The molecule has 7 heteroatoms. The van der Waals surface area contributed by atoms with Crippen LogP contribution in [0.5, 0.6) is 0 Å². The van der Waals surface area contributed by atoms with E-state index in [9.17, 15) is 9.59 Å². The number of fused-ring (bicyclic) bond motifs is 1. The first-order valence-corrected chi connectivity index (χ1v) is 8.40. The lowest BCUT2D eigenvalue weighted by atomic mass is 10.3. The summed E-state index contributed by atoms with van der Waals surface area (Å²) in [5.74, 6) is 2.12. The first-order chi connectivity index (χ1) is 10.7. The number of carbonyl (C=O) groups is 2. The Morgan fingerprint density at radius 1 is 1.45 bits per heavy atom. The second-order valence-electron chi connectivity index (χ2n) is 5.63. The topological polar surface area (TPSA) is 75.4 Å². The summed E-state index contributed by atoms with van der Waals surface area (Å²) in [5, 5.41) is 2.81. The molecule has 2 amide bonds. The van der Waals surface area contributed by atoms with Crippen molar-refractivity contribution < 1.29 is 14.0 Å². The molecule has 1 N–H and O–H groups in total. The molecule has 0 spiro atoms.